The van der Waals surface area contributed by atoms with Gasteiger partial charge in [0.2, 0.25) is 0 Å². The zero-order valence-electron chi connectivity index (χ0n) is 5.02. The van der Waals surface area contributed by atoms with Crippen LogP contribution in [0.5, 0.6) is 0 Å². The Morgan fingerprint density at radius 1 is 1.10 bits per heavy atom. The van der Waals surface area contributed by atoms with Crippen molar-refractivity contribution in [3.8, 4) is 0 Å². The molecule has 3 nitrogen and oxygen atoms in total. The van der Waals surface area contributed by atoms with E-state index in [-0.39, 0.29) is 0 Å². The Morgan fingerprint density at radius 3 is 2.10 bits per heavy atom. The predicted molar refractivity (Wildman–Crippen MR) is 38.4 cm³/mol. The fourth-order valence-electron chi connectivity index (χ4n) is 0.821. The lowest BCUT2D eigenvalue weighted by Crippen LogP contribution is -2.22. The maximum atomic E-state index is 10.8. The number of hydrogen-bond acceptors (Lipinski definition) is 3. The van der Waals surface area contributed by atoms with Gasteiger partial charge in [-0.05, 0) is 0 Å². The molecule has 0 atom stereocenters. The summed E-state index contributed by atoms with van der Waals surface area (Å²) in [5.41, 5.74) is 0. The molecule has 1 aromatic heterocycles. The lowest BCUT2D eigenvalue weighted by Gasteiger charge is -1.76. The van der Waals surface area contributed by atoms with Gasteiger partial charge in [0.25, 0.3) is 0 Å². The van der Waals surface area contributed by atoms with Gasteiger partial charge >= 0.3 is 0 Å². The first-order chi connectivity index (χ1) is 4.86. The topological polar surface area (TPSA) is 42.9 Å². The van der Waals surface area contributed by atoms with Crippen molar-refractivity contribution >= 4 is 21.6 Å². The van der Waals surface area contributed by atoms with Crippen LogP contribution in [0.3, 0.4) is 0 Å². The highest BCUT2D eigenvalue weighted by Crippen LogP contribution is 1.87. The molecule has 10 heavy (non-hydrogen) atoms. The van der Waals surface area contributed by atoms with Crippen molar-refractivity contribution < 1.29 is 4.21 Å². The molecule has 2 heterocycles. The van der Waals surface area contributed by atoms with Crippen LogP contribution in [0.4, 0.5) is 0 Å². The molecule has 1 aromatic rings. The zero-order chi connectivity index (χ0) is 6.97. The minimum atomic E-state index is -0.949. The SMILES string of the molecule is O=S1C=c2cnncc2=C1. The molecule has 0 unspecified atom stereocenters. The number of fused-ring (bicyclic) bond motifs is 1. The number of rotatable bonds is 0. The Morgan fingerprint density at radius 2 is 1.60 bits per heavy atom. The van der Waals surface area contributed by atoms with Crippen molar-refractivity contribution in [2.24, 2.45) is 0 Å². The number of nitrogens with zero attached hydrogens (tertiary/aromatic N) is 2. The van der Waals surface area contributed by atoms with Crippen LogP contribution in [0.15, 0.2) is 12.4 Å². The van der Waals surface area contributed by atoms with Gasteiger partial charge in [0.05, 0.1) is 23.2 Å². The van der Waals surface area contributed by atoms with Gasteiger partial charge in [0.15, 0.2) is 0 Å². The fourth-order valence-corrected chi connectivity index (χ4v) is 1.78. The summed E-state index contributed by atoms with van der Waals surface area (Å²) < 4.78 is 10.8. The second kappa shape index (κ2) is 1.98. The lowest BCUT2D eigenvalue weighted by molar-refractivity contribution is 0.695. The van der Waals surface area contributed by atoms with Crippen LogP contribution in [0.1, 0.15) is 0 Å². The third-order valence-corrected chi connectivity index (χ3v) is 2.25. The average molecular weight is 152 g/mol. The predicted octanol–water partition coefficient (Wildman–Crippen LogP) is -1.29. The smallest absolute Gasteiger partial charge is 0.0716 e. The monoisotopic (exact) mass is 152 g/mol. The molecular weight excluding hydrogens is 148 g/mol. The first-order valence-corrected chi connectivity index (χ1v) is 4.04. The van der Waals surface area contributed by atoms with E-state index < -0.39 is 10.8 Å². The average Bonchev–Trinajstić information content (AvgIpc) is 2.27. The molecule has 0 N–H and O–H groups in total. The Kier molecular flexibility index (Phi) is 1.14. The fraction of sp³-hybridized carbons (Fsp3) is 0. The van der Waals surface area contributed by atoms with Crippen LogP contribution in [0, 0.1) is 0 Å². The molecule has 0 amide bonds. The largest absolute Gasteiger partial charge is 0.250 e. The van der Waals surface area contributed by atoms with Crippen LogP contribution in [0.2, 0.25) is 0 Å². The first kappa shape index (κ1) is 5.73. The number of hydrogen-bond donors (Lipinski definition) is 0. The number of aromatic nitrogens is 2. The Bertz CT molecular complexity index is 361. The molecule has 1 aliphatic heterocycles. The van der Waals surface area contributed by atoms with Gasteiger partial charge in [-0.2, -0.15) is 10.2 Å². The summed E-state index contributed by atoms with van der Waals surface area (Å²) in [6, 6.07) is 0. The molecular formula is C6H4N2OS. The lowest BCUT2D eigenvalue weighted by atomic mass is 10.4. The van der Waals surface area contributed by atoms with E-state index in [2.05, 4.69) is 10.2 Å². The van der Waals surface area contributed by atoms with Crippen molar-refractivity contribution in [3.63, 3.8) is 0 Å². The second-order valence-corrected chi connectivity index (χ2v) is 3.09. The minimum absolute atomic E-state index is 0.910. The summed E-state index contributed by atoms with van der Waals surface area (Å²) in [5.74, 6) is 0. The maximum Gasteiger partial charge on any atom is 0.0716 e. The second-order valence-electron chi connectivity index (χ2n) is 1.96. The molecule has 0 radical (unpaired) electrons. The van der Waals surface area contributed by atoms with Gasteiger partial charge in [-0.3, -0.25) is 4.21 Å². The van der Waals surface area contributed by atoms with E-state index in [9.17, 15) is 4.21 Å². The molecule has 1 aliphatic rings. The van der Waals surface area contributed by atoms with Gasteiger partial charge < -0.3 is 0 Å². The van der Waals surface area contributed by atoms with Gasteiger partial charge in [0, 0.05) is 21.3 Å². The Balaban J connectivity index is 2.96. The molecule has 0 aromatic carbocycles. The normalized spacial score (nSPS) is 15.6. The van der Waals surface area contributed by atoms with Gasteiger partial charge in [-0.15, -0.1) is 0 Å². The third kappa shape index (κ3) is 0.769. The van der Waals surface area contributed by atoms with Gasteiger partial charge in [0.1, 0.15) is 0 Å². The standard InChI is InChI=1S/C6H4N2OS/c9-10-3-5-1-7-8-2-6(5)4-10/h1-4H. The summed E-state index contributed by atoms with van der Waals surface area (Å²) in [5, 5.41) is 12.4. The van der Waals surface area contributed by atoms with Crippen molar-refractivity contribution in [1.29, 1.82) is 0 Å². The molecule has 0 spiro atoms. The van der Waals surface area contributed by atoms with Crippen molar-refractivity contribution in [1.82, 2.24) is 10.2 Å². The van der Waals surface area contributed by atoms with Gasteiger partial charge in [-0.25, -0.2) is 0 Å². The van der Waals surface area contributed by atoms with Crippen LogP contribution < -0.4 is 10.4 Å². The molecule has 0 bridgehead atoms. The highest BCUT2D eigenvalue weighted by atomic mass is 32.2. The molecule has 50 valence electrons. The highest BCUT2D eigenvalue weighted by molar-refractivity contribution is 8.00. The molecule has 0 saturated heterocycles. The van der Waals surface area contributed by atoms with Gasteiger partial charge in [-0.1, -0.05) is 0 Å². The summed E-state index contributed by atoms with van der Waals surface area (Å²) in [4.78, 5) is 0. The molecule has 4 heteroatoms. The molecule has 2 rings (SSSR count). The van der Waals surface area contributed by atoms with E-state index >= 15 is 0 Å². The minimum Gasteiger partial charge on any atom is -0.250 e. The van der Waals surface area contributed by atoms with Crippen molar-refractivity contribution in [2.75, 3.05) is 0 Å². The van der Waals surface area contributed by atoms with Crippen LogP contribution in [-0.4, -0.2) is 14.4 Å². The third-order valence-electron chi connectivity index (χ3n) is 1.28. The van der Waals surface area contributed by atoms with E-state index in [1.165, 1.54) is 0 Å². The van der Waals surface area contributed by atoms with E-state index in [1.807, 2.05) is 0 Å². The van der Waals surface area contributed by atoms with E-state index in [1.54, 1.807) is 23.2 Å². The first-order valence-electron chi connectivity index (χ1n) is 2.76. The van der Waals surface area contributed by atoms with Crippen molar-refractivity contribution in [2.45, 2.75) is 0 Å². The zero-order valence-corrected chi connectivity index (χ0v) is 5.84. The summed E-state index contributed by atoms with van der Waals surface area (Å²) >= 11 is 0. The summed E-state index contributed by atoms with van der Waals surface area (Å²) in [7, 11) is -0.949. The van der Waals surface area contributed by atoms with Crippen LogP contribution >= 0.6 is 0 Å². The highest BCUT2D eigenvalue weighted by Gasteiger charge is 1.97. The van der Waals surface area contributed by atoms with E-state index in [0.29, 0.717) is 0 Å². The maximum absolute atomic E-state index is 10.8. The molecule has 0 saturated carbocycles. The summed E-state index contributed by atoms with van der Waals surface area (Å²) in [6.07, 6.45) is 3.22. The Labute approximate surface area is 59.6 Å². The summed E-state index contributed by atoms with van der Waals surface area (Å²) in [6.45, 7) is 0. The van der Waals surface area contributed by atoms with E-state index in [0.717, 1.165) is 10.4 Å². The molecule has 0 fully saturated rings. The quantitative estimate of drug-likeness (QED) is 0.465. The van der Waals surface area contributed by atoms with Crippen LogP contribution in [-0.2, 0) is 10.8 Å². The Hall–Kier alpha value is -1.03. The van der Waals surface area contributed by atoms with Crippen molar-refractivity contribution in [3.05, 3.63) is 22.8 Å². The van der Waals surface area contributed by atoms with Crippen LogP contribution in [0.25, 0.3) is 10.8 Å². The molecule has 0 aliphatic carbocycles. The van der Waals surface area contributed by atoms with E-state index in [4.69, 9.17) is 0 Å².